The Hall–Kier alpha value is -0.0800. The van der Waals surface area contributed by atoms with Gasteiger partial charge in [-0.3, -0.25) is 4.79 Å². The van der Waals surface area contributed by atoms with Crippen LogP contribution in [0.15, 0.2) is 0 Å². The van der Waals surface area contributed by atoms with Crippen molar-refractivity contribution in [2.75, 3.05) is 6.54 Å². The van der Waals surface area contributed by atoms with E-state index in [-0.39, 0.29) is 11.3 Å². The molecule has 2 nitrogen and oxygen atoms in total. The number of hydrogen-bond acceptors (Lipinski definition) is 2. The van der Waals surface area contributed by atoms with Gasteiger partial charge in [0.25, 0.3) is 0 Å². The van der Waals surface area contributed by atoms with Crippen molar-refractivity contribution in [3.05, 3.63) is 0 Å². The summed E-state index contributed by atoms with van der Waals surface area (Å²) < 4.78 is 0. The number of hydrogen-bond donors (Lipinski definition) is 1. The van der Waals surface area contributed by atoms with E-state index in [0.29, 0.717) is 5.92 Å². The molecule has 0 aromatic rings. The van der Waals surface area contributed by atoms with E-state index >= 15 is 0 Å². The Kier molecular flexibility index (Phi) is 1.08. The SMILES string of the molecule is O=C(Cl)[C@H]1NC[C@H]2C[C@H]21. The Labute approximate surface area is 58.6 Å². The molecule has 1 aliphatic heterocycles. The highest BCUT2D eigenvalue weighted by Crippen LogP contribution is 2.45. The molecular weight excluding hydrogens is 138 g/mol. The van der Waals surface area contributed by atoms with Crippen LogP contribution in [-0.4, -0.2) is 17.8 Å². The van der Waals surface area contributed by atoms with Crippen LogP contribution in [-0.2, 0) is 4.79 Å². The third kappa shape index (κ3) is 0.775. The van der Waals surface area contributed by atoms with Gasteiger partial charge >= 0.3 is 0 Å². The summed E-state index contributed by atoms with van der Waals surface area (Å²) >= 11 is 5.30. The molecule has 50 valence electrons. The van der Waals surface area contributed by atoms with Crippen molar-refractivity contribution in [1.29, 1.82) is 0 Å². The van der Waals surface area contributed by atoms with Crippen molar-refractivity contribution in [2.45, 2.75) is 12.5 Å². The number of rotatable bonds is 1. The van der Waals surface area contributed by atoms with E-state index in [2.05, 4.69) is 5.32 Å². The van der Waals surface area contributed by atoms with Gasteiger partial charge < -0.3 is 5.32 Å². The van der Waals surface area contributed by atoms with Gasteiger partial charge in [-0.15, -0.1) is 0 Å². The predicted octanol–water partition coefficient (Wildman–Crippen LogP) is 0.360. The lowest BCUT2D eigenvalue weighted by atomic mass is 10.2. The van der Waals surface area contributed by atoms with Crippen LogP contribution in [0.3, 0.4) is 0 Å². The van der Waals surface area contributed by atoms with Gasteiger partial charge in [-0.05, 0) is 36.4 Å². The standard InChI is InChI=1S/C6H8ClNO/c7-6(9)5-4-1-3(4)2-8-5/h3-5,8H,1-2H2/t3-,4-,5+/m1/s1. The van der Waals surface area contributed by atoms with Crippen molar-refractivity contribution in [3.8, 4) is 0 Å². The Morgan fingerprint density at radius 2 is 2.44 bits per heavy atom. The Morgan fingerprint density at radius 1 is 1.67 bits per heavy atom. The molecule has 1 heterocycles. The molecule has 0 radical (unpaired) electrons. The highest BCUT2D eigenvalue weighted by atomic mass is 35.5. The van der Waals surface area contributed by atoms with Crippen molar-refractivity contribution in [3.63, 3.8) is 0 Å². The maximum Gasteiger partial charge on any atom is 0.238 e. The molecule has 0 aromatic carbocycles. The molecule has 0 spiro atoms. The second-order valence-corrected chi connectivity index (χ2v) is 3.22. The number of carbonyl (C=O) groups is 1. The summed E-state index contributed by atoms with van der Waals surface area (Å²) in [5, 5.41) is 2.87. The van der Waals surface area contributed by atoms with E-state index in [0.717, 1.165) is 12.5 Å². The molecule has 1 N–H and O–H groups in total. The molecular formula is C6H8ClNO. The van der Waals surface area contributed by atoms with Crippen molar-refractivity contribution < 1.29 is 4.79 Å². The normalized spacial score (nSPS) is 46.6. The molecule has 1 saturated heterocycles. The summed E-state index contributed by atoms with van der Waals surface area (Å²) in [6.07, 6.45) is 1.20. The molecule has 3 atom stereocenters. The third-order valence-electron chi connectivity index (χ3n) is 2.25. The fraction of sp³-hybridized carbons (Fsp3) is 0.833. The monoisotopic (exact) mass is 145 g/mol. The van der Waals surface area contributed by atoms with Crippen LogP contribution >= 0.6 is 11.6 Å². The fourth-order valence-corrected chi connectivity index (χ4v) is 1.83. The third-order valence-corrected chi connectivity index (χ3v) is 2.49. The lowest BCUT2D eigenvalue weighted by Crippen LogP contribution is -2.31. The van der Waals surface area contributed by atoms with Crippen LogP contribution in [0.4, 0.5) is 0 Å². The Morgan fingerprint density at radius 3 is 2.67 bits per heavy atom. The zero-order chi connectivity index (χ0) is 6.43. The average Bonchev–Trinajstić information content (AvgIpc) is 2.43. The zero-order valence-electron chi connectivity index (χ0n) is 4.93. The highest BCUT2D eigenvalue weighted by Gasteiger charge is 2.50. The zero-order valence-corrected chi connectivity index (χ0v) is 5.69. The first-order chi connectivity index (χ1) is 4.29. The van der Waals surface area contributed by atoms with Crippen molar-refractivity contribution in [2.24, 2.45) is 11.8 Å². The molecule has 2 fully saturated rings. The number of nitrogens with one attached hydrogen (secondary N) is 1. The molecule has 3 heteroatoms. The minimum Gasteiger partial charge on any atom is -0.306 e. The van der Waals surface area contributed by atoms with E-state index < -0.39 is 0 Å². The fourth-order valence-electron chi connectivity index (χ4n) is 1.59. The van der Waals surface area contributed by atoms with Gasteiger partial charge in [0.1, 0.15) is 0 Å². The molecule has 0 aromatic heterocycles. The highest BCUT2D eigenvalue weighted by molar-refractivity contribution is 6.64. The smallest absolute Gasteiger partial charge is 0.238 e. The molecule has 2 aliphatic rings. The number of carbonyl (C=O) groups excluding carboxylic acids is 1. The molecule has 0 amide bonds. The van der Waals surface area contributed by atoms with Crippen LogP contribution in [0.1, 0.15) is 6.42 Å². The summed E-state index contributed by atoms with van der Waals surface area (Å²) in [6.45, 7) is 0.994. The molecule has 1 saturated carbocycles. The van der Waals surface area contributed by atoms with E-state index in [1.165, 1.54) is 6.42 Å². The van der Waals surface area contributed by atoms with Crippen LogP contribution in [0.2, 0.25) is 0 Å². The van der Waals surface area contributed by atoms with Gasteiger partial charge in [-0.2, -0.15) is 0 Å². The lowest BCUT2D eigenvalue weighted by molar-refractivity contribution is -0.113. The molecule has 9 heavy (non-hydrogen) atoms. The van der Waals surface area contributed by atoms with Gasteiger partial charge in [-0.25, -0.2) is 0 Å². The summed E-state index contributed by atoms with van der Waals surface area (Å²) in [5.74, 6) is 1.34. The molecule has 0 bridgehead atoms. The molecule has 2 rings (SSSR count). The minimum atomic E-state index is -0.208. The van der Waals surface area contributed by atoms with Gasteiger partial charge in [0, 0.05) is 0 Å². The molecule has 1 aliphatic carbocycles. The van der Waals surface area contributed by atoms with Crippen molar-refractivity contribution in [1.82, 2.24) is 5.32 Å². The first-order valence-corrected chi connectivity index (χ1v) is 3.59. The number of halogens is 1. The van der Waals surface area contributed by atoms with E-state index in [9.17, 15) is 4.79 Å². The van der Waals surface area contributed by atoms with Crippen LogP contribution < -0.4 is 5.32 Å². The first kappa shape index (κ1) is 5.69. The number of piperidine rings is 1. The summed E-state index contributed by atoms with van der Waals surface area (Å²) in [4.78, 5) is 10.6. The summed E-state index contributed by atoms with van der Waals surface area (Å²) in [7, 11) is 0. The van der Waals surface area contributed by atoms with Gasteiger partial charge in [-0.1, -0.05) is 0 Å². The van der Waals surface area contributed by atoms with E-state index in [1.807, 2.05) is 0 Å². The second-order valence-electron chi connectivity index (χ2n) is 2.85. The number of fused-ring (bicyclic) bond motifs is 1. The van der Waals surface area contributed by atoms with Gasteiger partial charge in [0.15, 0.2) is 0 Å². The van der Waals surface area contributed by atoms with Crippen LogP contribution in [0.25, 0.3) is 0 Å². The van der Waals surface area contributed by atoms with E-state index in [1.54, 1.807) is 0 Å². The molecule has 0 unspecified atom stereocenters. The second kappa shape index (κ2) is 1.70. The lowest BCUT2D eigenvalue weighted by Gasteiger charge is -2.04. The Bertz CT molecular complexity index is 159. The van der Waals surface area contributed by atoms with Crippen LogP contribution in [0.5, 0.6) is 0 Å². The maximum atomic E-state index is 10.6. The summed E-state index contributed by atoms with van der Waals surface area (Å²) in [6, 6.07) is -0.0170. The minimum absolute atomic E-state index is 0.0170. The predicted molar refractivity (Wildman–Crippen MR) is 34.2 cm³/mol. The topological polar surface area (TPSA) is 29.1 Å². The van der Waals surface area contributed by atoms with Crippen LogP contribution in [0, 0.1) is 11.8 Å². The Balaban J connectivity index is 2.06. The maximum absolute atomic E-state index is 10.6. The first-order valence-electron chi connectivity index (χ1n) is 3.22. The summed E-state index contributed by atoms with van der Waals surface area (Å²) in [5.41, 5.74) is 0. The van der Waals surface area contributed by atoms with E-state index in [4.69, 9.17) is 11.6 Å². The quantitative estimate of drug-likeness (QED) is 0.540. The largest absolute Gasteiger partial charge is 0.306 e. The van der Waals surface area contributed by atoms with Crippen molar-refractivity contribution >= 4 is 16.8 Å². The van der Waals surface area contributed by atoms with Gasteiger partial charge in [0.05, 0.1) is 6.04 Å². The van der Waals surface area contributed by atoms with Gasteiger partial charge in [0.2, 0.25) is 5.24 Å². The average molecular weight is 146 g/mol.